The summed E-state index contributed by atoms with van der Waals surface area (Å²) in [6, 6.07) is 11.5. The number of carbonyl (C=O) groups excluding carboxylic acids is 1. The number of sulfonamides is 1. The maximum absolute atomic E-state index is 12.3. The van der Waals surface area contributed by atoms with Crippen molar-refractivity contribution in [2.24, 2.45) is 0 Å². The Labute approximate surface area is 126 Å². The van der Waals surface area contributed by atoms with Gasteiger partial charge in [-0.2, -0.15) is 0 Å². The van der Waals surface area contributed by atoms with Gasteiger partial charge in [-0.15, -0.1) is 0 Å². The zero-order chi connectivity index (χ0) is 14.2. The van der Waals surface area contributed by atoms with Crippen LogP contribution in [0.3, 0.4) is 0 Å². The summed E-state index contributed by atoms with van der Waals surface area (Å²) in [5, 5.41) is 0. The van der Waals surface area contributed by atoms with Crippen molar-refractivity contribution in [3.63, 3.8) is 0 Å². The fraction of sp³-hybridized carbons (Fsp3) is 0. The normalized spacial score (nSPS) is 16.2. The summed E-state index contributed by atoms with van der Waals surface area (Å²) >= 11 is -1.48. The maximum atomic E-state index is 12.3. The van der Waals surface area contributed by atoms with E-state index in [0.29, 0.717) is 0 Å². The molecule has 0 unspecified atom stereocenters. The molecule has 0 aliphatic carbocycles. The van der Waals surface area contributed by atoms with Crippen molar-refractivity contribution < 1.29 is 43.0 Å². The standard InChI is InChI=1S/C12H9IN2O4S/c16-12-10-6-2-3-7-11(10)20(17,18)15(12)13-19-14-8-4-1-5-9-14/h1-9H. The first kappa shape index (κ1) is 13.3. The van der Waals surface area contributed by atoms with Gasteiger partial charge in [0.15, 0.2) is 0 Å². The first-order valence-electron chi connectivity index (χ1n) is 5.58. The van der Waals surface area contributed by atoms with Gasteiger partial charge in [0.05, 0.1) is 0 Å². The Morgan fingerprint density at radius 2 is 1.75 bits per heavy atom. The van der Waals surface area contributed by atoms with Crippen LogP contribution in [0, 0.1) is 0 Å². The molecule has 0 saturated carbocycles. The average Bonchev–Trinajstić information content (AvgIpc) is 2.66. The number of hydrogen-bond donors (Lipinski definition) is 0. The molecule has 0 bridgehead atoms. The number of halogens is 1. The van der Waals surface area contributed by atoms with E-state index in [-0.39, 0.29) is 10.5 Å². The number of nitrogens with zero attached hydrogens (tertiary/aromatic N) is 2. The molecule has 1 aromatic heterocycles. The van der Waals surface area contributed by atoms with Gasteiger partial charge in [-0.05, 0) is 0 Å². The molecule has 6 nitrogen and oxygen atoms in total. The summed E-state index contributed by atoms with van der Waals surface area (Å²) in [5.74, 6) is -0.523. The van der Waals surface area contributed by atoms with Crippen LogP contribution < -0.4 is 29.8 Å². The number of benzene rings is 1. The number of amides is 1. The van der Waals surface area contributed by atoms with Crippen LogP contribution in [0.4, 0.5) is 0 Å². The van der Waals surface area contributed by atoms with Crippen molar-refractivity contribution in [3.8, 4) is 0 Å². The third kappa shape index (κ3) is 2.14. The molecule has 2 aromatic rings. The molecule has 3 rings (SSSR count). The summed E-state index contributed by atoms with van der Waals surface area (Å²) in [6.07, 6.45) is 3.28. The van der Waals surface area contributed by atoms with Gasteiger partial charge in [0.2, 0.25) is 0 Å². The van der Waals surface area contributed by atoms with E-state index < -0.39 is 37.8 Å². The predicted octanol–water partition coefficient (Wildman–Crippen LogP) is -2.83. The molecule has 0 atom stereocenters. The van der Waals surface area contributed by atoms with Gasteiger partial charge in [-0.1, -0.05) is 0 Å². The monoisotopic (exact) mass is 404 g/mol. The fourth-order valence-electron chi connectivity index (χ4n) is 1.72. The number of aromatic nitrogens is 1. The summed E-state index contributed by atoms with van der Waals surface area (Å²) in [7, 11) is -3.77. The Morgan fingerprint density at radius 3 is 2.45 bits per heavy atom. The summed E-state index contributed by atoms with van der Waals surface area (Å²) in [5.41, 5.74) is 0.203. The van der Waals surface area contributed by atoms with Crippen LogP contribution in [-0.2, 0) is 10.0 Å². The SMILES string of the molecule is O=C1c2ccccc2S(=O)(=O)N1[I-]O[n+]1ccccc1. The molecular weight excluding hydrogens is 395 g/mol. The van der Waals surface area contributed by atoms with Gasteiger partial charge >= 0.3 is 127 Å². The molecule has 1 amide bonds. The zero-order valence-corrected chi connectivity index (χ0v) is 13.0. The van der Waals surface area contributed by atoms with E-state index in [1.807, 2.05) is 6.07 Å². The van der Waals surface area contributed by atoms with Crippen molar-refractivity contribution in [1.29, 1.82) is 0 Å². The molecule has 104 valence electrons. The van der Waals surface area contributed by atoms with Crippen LogP contribution in [0.2, 0.25) is 0 Å². The van der Waals surface area contributed by atoms with Gasteiger partial charge in [-0.3, -0.25) is 0 Å². The van der Waals surface area contributed by atoms with Crippen LogP contribution in [0.15, 0.2) is 59.8 Å². The summed E-state index contributed by atoms with van der Waals surface area (Å²) in [4.78, 5) is 12.2. The molecule has 20 heavy (non-hydrogen) atoms. The van der Waals surface area contributed by atoms with Gasteiger partial charge in [-0.25, -0.2) is 0 Å². The predicted molar refractivity (Wildman–Crippen MR) is 63.0 cm³/mol. The number of hydrogen-bond acceptors (Lipinski definition) is 4. The van der Waals surface area contributed by atoms with E-state index in [4.69, 9.17) is 3.17 Å². The number of fused-ring (bicyclic) bond motifs is 1. The zero-order valence-electron chi connectivity index (χ0n) is 10.0. The molecule has 2 heterocycles. The van der Waals surface area contributed by atoms with Gasteiger partial charge < -0.3 is 0 Å². The summed E-state index contributed by atoms with van der Waals surface area (Å²) in [6.45, 7) is 0. The van der Waals surface area contributed by atoms with Gasteiger partial charge in [0.1, 0.15) is 0 Å². The van der Waals surface area contributed by atoms with Crippen LogP contribution in [0.1, 0.15) is 10.4 Å². The molecule has 1 aliphatic heterocycles. The molecule has 0 spiro atoms. The minimum absolute atomic E-state index is 0.0476. The Bertz CT molecular complexity index is 764. The Hall–Kier alpha value is -1.68. The third-order valence-electron chi connectivity index (χ3n) is 2.63. The van der Waals surface area contributed by atoms with Crippen molar-refractivity contribution in [2.45, 2.75) is 4.90 Å². The molecular formula is C12H9IN2O4S. The van der Waals surface area contributed by atoms with Crippen molar-refractivity contribution >= 4 is 15.9 Å². The van der Waals surface area contributed by atoms with E-state index in [1.54, 1.807) is 36.7 Å². The fourth-order valence-corrected chi connectivity index (χ4v) is 5.47. The van der Waals surface area contributed by atoms with Gasteiger partial charge in [0.25, 0.3) is 0 Å². The molecule has 0 saturated heterocycles. The van der Waals surface area contributed by atoms with Crippen LogP contribution in [0.5, 0.6) is 0 Å². The second-order valence-corrected chi connectivity index (χ2v) is 8.06. The van der Waals surface area contributed by atoms with Crippen LogP contribution >= 0.6 is 0 Å². The van der Waals surface area contributed by atoms with Crippen molar-refractivity contribution in [1.82, 2.24) is 2.52 Å². The Morgan fingerprint density at radius 1 is 1.05 bits per heavy atom. The van der Waals surface area contributed by atoms with Crippen molar-refractivity contribution in [3.05, 3.63) is 60.4 Å². The van der Waals surface area contributed by atoms with Crippen LogP contribution in [0.25, 0.3) is 0 Å². The van der Waals surface area contributed by atoms with E-state index >= 15 is 0 Å². The van der Waals surface area contributed by atoms with E-state index in [0.717, 1.165) is 2.52 Å². The molecule has 0 fully saturated rings. The quantitative estimate of drug-likeness (QED) is 0.314. The van der Waals surface area contributed by atoms with E-state index in [2.05, 4.69) is 0 Å². The Kier molecular flexibility index (Phi) is 3.34. The van der Waals surface area contributed by atoms with Crippen LogP contribution in [-0.4, -0.2) is 16.8 Å². The first-order chi connectivity index (χ1) is 9.60. The topological polar surface area (TPSA) is 67.6 Å². The third-order valence-corrected chi connectivity index (χ3v) is 7.49. The van der Waals surface area contributed by atoms with E-state index in [1.165, 1.54) is 16.9 Å². The molecule has 0 radical (unpaired) electrons. The molecule has 0 N–H and O–H groups in total. The number of carbonyl (C=O) groups is 1. The molecule has 1 aliphatic rings. The number of rotatable bonds is 3. The van der Waals surface area contributed by atoms with Crippen molar-refractivity contribution in [2.75, 3.05) is 0 Å². The minimum atomic E-state index is -3.77. The Balaban J connectivity index is 1.88. The molecule has 1 aromatic carbocycles. The molecule has 8 heteroatoms. The van der Waals surface area contributed by atoms with E-state index in [9.17, 15) is 13.2 Å². The second-order valence-electron chi connectivity index (χ2n) is 3.89. The first-order valence-corrected chi connectivity index (χ1v) is 8.87. The second kappa shape index (κ2) is 5.02. The summed E-state index contributed by atoms with van der Waals surface area (Å²) < 4.78 is 32.1. The average molecular weight is 404 g/mol. The number of pyridine rings is 1. The van der Waals surface area contributed by atoms with Gasteiger partial charge in [0, 0.05) is 0 Å².